The summed E-state index contributed by atoms with van der Waals surface area (Å²) in [6, 6.07) is -0.454. The van der Waals surface area contributed by atoms with Gasteiger partial charge in [-0.2, -0.15) is 0 Å². The average molecular weight is 144 g/mol. The number of carbonyl (C=O) groups excluding carboxylic acids is 1. The van der Waals surface area contributed by atoms with E-state index in [1.165, 1.54) is 6.92 Å². The van der Waals surface area contributed by atoms with Gasteiger partial charge in [-0.3, -0.25) is 4.79 Å². The van der Waals surface area contributed by atoms with Crippen molar-refractivity contribution in [2.24, 2.45) is 0 Å². The molecular weight excluding hydrogens is 131 g/mol. The minimum absolute atomic E-state index is 0.366. The number of ether oxygens (including phenoxy) is 1. The lowest BCUT2D eigenvalue weighted by molar-refractivity contribution is -0.150. The summed E-state index contributed by atoms with van der Waals surface area (Å²) >= 11 is 0. The minimum atomic E-state index is -0.953. The number of hydrogen-bond acceptors (Lipinski definition) is 3. The van der Waals surface area contributed by atoms with Gasteiger partial charge in [-0.1, -0.05) is 0 Å². The topological polar surface area (TPSA) is 46.5 Å². The number of esters is 1. The fourth-order valence-corrected chi connectivity index (χ4v) is 0.393. The molecular formula is C6H13BO3. The Bertz CT molecular complexity index is 127. The molecule has 0 aromatic rings. The maximum Gasteiger partial charge on any atom is 0.302 e. The highest BCUT2D eigenvalue weighted by Crippen LogP contribution is 2.08. The molecule has 58 valence electrons. The molecule has 0 rings (SSSR count). The van der Waals surface area contributed by atoms with Gasteiger partial charge in [0.25, 0.3) is 0 Å². The van der Waals surface area contributed by atoms with Gasteiger partial charge >= 0.3 is 5.97 Å². The summed E-state index contributed by atoms with van der Waals surface area (Å²) < 4.78 is 4.73. The third kappa shape index (κ3) is 3.51. The standard InChI is InChI=1S/C6H13BO3/c1-4(8)10-5(7)6(2,3)9/h5,9H,7H2,1-3H3/t5-/m1/s1. The molecule has 0 aromatic carbocycles. The van der Waals surface area contributed by atoms with E-state index in [2.05, 4.69) is 0 Å². The first-order chi connectivity index (χ1) is 4.34. The largest absolute Gasteiger partial charge is 0.469 e. The van der Waals surface area contributed by atoms with Gasteiger partial charge in [0, 0.05) is 6.92 Å². The van der Waals surface area contributed by atoms with Crippen molar-refractivity contribution >= 4 is 13.8 Å². The van der Waals surface area contributed by atoms with Crippen molar-refractivity contribution in [3.8, 4) is 0 Å². The van der Waals surface area contributed by atoms with Crippen LogP contribution in [0.1, 0.15) is 20.8 Å². The van der Waals surface area contributed by atoms with E-state index < -0.39 is 11.6 Å². The van der Waals surface area contributed by atoms with Crippen molar-refractivity contribution in [1.82, 2.24) is 0 Å². The van der Waals surface area contributed by atoms with Crippen molar-refractivity contribution in [2.75, 3.05) is 0 Å². The highest BCUT2D eigenvalue weighted by atomic mass is 16.5. The van der Waals surface area contributed by atoms with Crippen molar-refractivity contribution in [3.05, 3.63) is 0 Å². The molecule has 0 heterocycles. The molecule has 3 nitrogen and oxygen atoms in total. The Morgan fingerprint density at radius 1 is 1.70 bits per heavy atom. The predicted octanol–water partition coefficient (Wildman–Crippen LogP) is -0.720. The van der Waals surface area contributed by atoms with E-state index in [0.717, 1.165) is 0 Å². The molecule has 0 aliphatic rings. The van der Waals surface area contributed by atoms with Gasteiger partial charge in [-0.15, -0.1) is 0 Å². The molecule has 0 unspecified atom stereocenters. The lowest BCUT2D eigenvalue weighted by Gasteiger charge is -2.25. The first-order valence-electron chi connectivity index (χ1n) is 3.23. The molecule has 4 heteroatoms. The maximum atomic E-state index is 10.4. The highest BCUT2D eigenvalue weighted by Gasteiger charge is 2.24. The smallest absolute Gasteiger partial charge is 0.302 e. The van der Waals surface area contributed by atoms with Gasteiger partial charge in [0.1, 0.15) is 0 Å². The van der Waals surface area contributed by atoms with Crippen LogP contribution in [0.15, 0.2) is 0 Å². The van der Waals surface area contributed by atoms with Crippen LogP contribution >= 0.6 is 0 Å². The highest BCUT2D eigenvalue weighted by molar-refractivity contribution is 6.12. The molecule has 0 aliphatic carbocycles. The Balaban J connectivity index is 3.85. The van der Waals surface area contributed by atoms with Crippen molar-refractivity contribution in [3.63, 3.8) is 0 Å². The number of carbonyl (C=O) groups is 1. The Hall–Kier alpha value is -0.505. The molecule has 0 amide bonds. The third-order valence-corrected chi connectivity index (χ3v) is 1.34. The normalized spacial score (nSPS) is 14.4. The van der Waals surface area contributed by atoms with Crippen LogP contribution in [0.4, 0.5) is 0 Å². The molecule has 0 aliphatic heterocycles. The van der Waals surface area contributed by atoms with E-state index >= 15 is 0 Å². The fourth-order valence-electron chi connectivity index (χ4n) is 0.393. The molecule has 0 aromatic heterocycles. The second-order valence-electron chi connectivity index (χ2n) is 2.91. The van der Waals surface area contributed by atoms with Crippen LogP contribution in [0.3, 0.4) is 0 Å². The monoisotopic (exact) mass is 144 g/mol. The zero-order valence-electron chi connectivity index (χ0n) is 6.84. The number of hydrogen-bond donors (Lipinski definition) is 1. The lowest BCUT2D eigenvalue weighted by atomic mass is 9.85. The molecule has 10 heavy (non-hydrogen) atoms. The molecule has 1 atom stereocenters. The molecule has 0 fully saturated rings. The maximum absolute atomic E-state index is 10.4. The quantitative estimate of drug-likeness (QED) is 0.411. The summed E-state index contributed by atoms with van der Waals surface area (Å²) in [5, 5.41) is 9.26. The summed E-state index contributed by atoms with van der Waals surface area (Å²) in [4.78, 5) is 10.4. The van der Waals surface area contributed by atoms with E-state index in [1.54, 1.807) is 21.7 Å². The van der Waals surface area contributed by atoms with Crippen molar-refractivity contribution in [1.29, 1.82) is 0 Å². The zero-order valence-corrected chi connectivity index (χ0v) is 6.84. The van der Waals surface area contributed by atoms with E-state index in [0.29, 0.717) is 0 Å². The second-order valence-corrected chi connectivity index (χ2v) is 2.91. The van der Waals surface area contributed by atoms with E-state index in [9.17, 15) is 9.90 Å². The lowest BCUT2D eigenvalue weighted by Crippen LogP contribution is -2.39. The first-order valence-corrected chi connectivity index (χ1v) is 3.23. The zero-order chi connectivity index (χ0) is 8.36. The third-order valence-electron chi connectivity index (χ3n) is 1.34. The van der Waals surface area contributed by atoms with Gasteiger partial charge in [-0.05, 0) is 13.8 Å². The Morgan fingerprint density at radius 2 is 2.10 bits per heavy atom. The van der Waals surface area contributed by atoms with Crippen molar-refractivity contribution in [2.45, 2.75) is 32.4 Å². The molecule has 0 saturated carbocycles. The van der Waals surface area contributed by atoms with Crippen LogP contribution in [0.5, 0.6) is 0 Å². The number of rotatable bonds is 2. The minimum Gasteiger partial charge on any atom is -0.469 e. The Morgan fingerprint density at radius 3 is 2.20 bits per heavy atom. The van der Waals surface area contributed by atoms with Crippen molar-refractivity contribution < 1.29 is 14.6 Å². The second kappa shape index (κ2) is 3.06. The first kappa shape index (κ1) is 9.49. The molecule has 1 N–H and O–H groups in total. The van der Waals surface area contributed by atoms with E-state index in [4.69, 9.17) is 4.74 Å². The van der Waals surface area contributed by atoms with Crippen LogP contribution < -0.4 is 0 Å². The Kier molecular flexibility index (Phi) is 2.90. The average Bonchev–Trinajstić information content (AvgIpc) is 1.60. The molecule has 0 saturated heterocycles. The summed E-state index contributed by atoms with van der Waals surface area (Å²) in [5.41, 5.74) is -0.953. The van der Waals surface area contributed by atoms with E-state index in [1.807, 2.05) is 0 Å². The van der Waals surface area contributed by atoms with E-state index in [-0.39, 0.29) is 5.97 Å². The molecule has 0 radical (unpaired) electrons. The molecule has 0 spiro atoms. The van der Waals surface area contributed by atoms with Gasteiger partial charge in [-0.25, -0.2) is 0 Å². The predicted molar refractivity (Wildman–Crippen MR) is 40.4 cm³/mol. The van der Waals surface area contributed by atoms with Crippen LogP contribution in [0, 0.1) is 0 Å². The van der Waals surface area contributed by atoms with Gasteiger partial charge in [0.15, 0.2) is 7.85 Å². The van der Waals surface area contributed by atoms with Gasteiger partial charge < -0.3 is 9.84 Å². The summed E-state index contributed by atoms with van der Waals surface area (Å²) in [7, 11) is 1.65. The SMILES string of the molecule is B[C@H](OC(C)=O)C(C)(C)O. The van der Waals surface area contributed by atoms with Crippen LogP contribution in [0.25, 0.3) is 0 Å². The summed E-state index contributed by atoms with van der Waals surface area (Å²) in [5.74, 6) is -0.366. The van der Waals surface area contributed by atoms with Crippen LogP contribution in [-0.4, -0.2) is 30.5 Å². The van der Waals surface area contributed by atoms with Gasteiger partial charge in [0.05, 0.1) is 11.6 Å². The van der Waals surface area contributed by atoms with Crippen LogP contribution in [0.2, 0.25) is 0 Å². The van der Waals surface area contributed by atoms with Gasteiger partial charge in [0.2, 0.25) is 0 Å². The number of aliphatic hydroxyl groups is 1. The van der Waals surface area contributed by atoms with Crippen LogP contribution in [-0.2, 0) is 9.53 Å². The molecule has 0 bridgehead atoms. The summed E-state index contributed by atoms with van der Waals surface area (Å²) in [6.45, 7) is 4.52. The fraction of sp³-hybridized carbons (Fsp3) is 0.833. The summed E-state index contributed by atoms with van der Waals surface area (Å²) in [6.07, 6.45) is 0. The Labute approximate surface area is 61.8 Å².